The Morgan fingerprint density at radius 2 is 1.72 bits per heavy atom. The highest BCUT2D eigenvalue weighted by molar-refractivity contribution is 7.21. The molecule has 36 heavy (non-hydrogen) atoms. The van der Waals surface area contributed by atoms with Crippen molar-refractivity contribution in [3.05, 3.63) is 57.4 Å². The van der Waals surface area contributed by atoms with Gasteiger partial charge >= 0.3 is 0 Å². The Hall–Kier alpha value is -2.70. The number of nitrogens with zero attached hydrogens (tertiary/aromatic N) is 2. The summed E-state index contributed by atoms with van der Waals surface area (Å²) in [5, 5.41) is 12.5. The van der Waals surface area contributed by atoms with Crippen LogP contribution in [0.25, 0.3) is 31.8 Å². The Morgan fingerprint density at radius 1 is 1.06 bits per heavy atom. The molecule has 0 unspecified atom stereocenters. The first-order valence-electron chi connectivity index (χ1n) is 13.0. The zero-order valence-corrected chi connectivity index (χ0v) is 23.3. The quantitative estimate of drug-likeness (QED) is 0.253. The fourth-order valence-electron chi connectivity index (χ4n) is 4.93. The summed E-state index contributed by atoms with van der Waals surface area (Å²) in [7, 11) is 0. The van der Waals surface area contributed by atoms with Gasteiger partial charge in [0.2, 0.25) is 5.43 Å². The Balaban J connectivity index is 1.99. The van der Waals surface area contributed by atoms with Crippen molar-refractivity contribution in [2.45, 2.75) is 67.3 Å². The summed E-state index contributed by atoms with van der Waals surface area (Å²) >= 11 is 1.52. The van der Waals surface area contributed by atoms with Crippen LogP contribution in [0, 0.1) is 11.8 Å². The van der Waals surface area contributed by atoms with E-state index in [1.165, 1.54) is 11.3 Å². The minimum Gasteiger partial charge on any atom is -0.507 e. The third-order valence-electron chi connectivity index (χ3n) is 6.40. The lowest BCUT2D eigenvalue weighted by molar-refractivity contribution is 0.209. The Morgan fingerprint density at radius 3 is 2.31 bits per heavy atom. The van der Waals surface area contributed by atoms with E-state index in [1.807, 2.05) is 51.1 Å². The average Bonchev–Trinajstić information content (AvgIpc) is 3.23. The van der Waals surface area contributed by atoms with Crippen LogP contribution in [0.2, 0.25) is 0 Å². The minimum absolute atomic E-state index is 0.0209. The summed E-state index contributed by atoms with van der Waals surface area (Å²) in [4.78, 5) is 21.3. The molecule has 0 amide bonds. The van der Waals surface area contributed by atoms with Crippen LogP contribution in [0.4, 0.5) is 0 Å². The molecule has 5 nitrogen and oxygen atoms in total. The third kappa shape index (κ3) is 5.21. The van der Waals surface area contributed by atoms with E-state index in [1.54, 1.807) is 0 Å². The predicted molar refractivity (Wildman–Crippen MR) is 151 cm³/mol. The van der Waals surface area contributed by atoms with E-state index in [0.29, 0.717) is 57.7 Å². The van der Waals surface area contributed by atoms with Crippen LogP contribution >= 0.6 is 11.3 Å². The van der Waals surface area contributed by atoms with Gasteiger partial charge < -0.3 is 9.52 Å². The second kappa shape index (κ2) is 10.7. The summed E-state index contributed by atoms with van der Waals surface area (Å²) in [6, 6.07) is 9.75. The molecule has 4 rings (SSSR count). The van der Waals surface area contributed by atoms with Gasteiger partial charge in [-0.1, -0.05) is 60.6 Å². The van der Waals surface area contributed by atoms with Crippen LogP contribution in [0.3, 0.4) is 0 Å². The molecule has 0 saturated heterocycles. The fraction of sp³-hybridized carbons (Fsp3) is 0.467. The minimum atomic E-state index is -0.0748. The largest absolute Gasteiger partial charge is 0.507 e. The summed E-state index contributed by atoms with van der Waals surface area (Å²) in [5.74, 6) is 1.81. The van der Waals surface area contributed by atoms with Crippen LogP contribution in [0.5, 0.6) is 5.75 Å². The maximum atomic E-state index is 14.1. The summed E-state index contributed by atoms with van der Waals surface area (Å²) < 4.78 is 7.63. The molecule has 0 spiro atoms. The van der Waals surface area contributed by atoms with Crippen molar-refractivity contribution in [3.8, 4) is 16.3 Å². The molecule has 192 valence electrons. The van der Waals surface area contributed by atoms with Gasteiger partial charge in [-0.15, -0.1) is 11.3 Å². The monoisotopic (exact) mass is 506 g/mol. The lowest BCUT2D eigenvalue weighted by atomic mass is 9.97. The van der Waals surface area contributed by atoms with Crippen molar-refractivity contribution in [1.29, 1.82) is 0 Å². The van der Waals surface area contributed by atoms with Gasteiger partial charge in [-0.05, 0) is 42.0 Å². The fourth-order valence-corrected chi connectivity index (χ4v) is 5.94. The number of aryl methyl sites for hydroxylation is 1. The maximum absolute atomic E-state index is 14.1. The highest BCUT2D eigenvalue weighted by atomic mass is 32.1. The number of aromatic nitrogens is 1. The molecule has 2 heterocycles. The van der Waals surface area contributed by atoms with E-state index in [2.05, 4.69) is 32.6 Å². The molecular formula is C30H38N2O3S. The van der Waals surface area contributed by atoms with Crippen LogP contribution in [0.15, 0.2) is 39.5 Å². The molecule has 0 radical (unpaired) electrons. The molecule has 6 heteroatoms. The van der Waals surface area contributed by atoms with Crippen molar-refractivity contribution in [1.82, 2.24) is 9.88 Å². The lowest BCUT2D eigenvalue weighted by Crippen LogP contribution is -2.31. The predicted octanol–water partition coefficient (Wildman–Crippen LogP) is 7.58. The molecule has 1 N–H and O–H groups in total. The molecule has 0 atom stereocenters. The molecule has 0 bridgehead atoms. The first-order chi connectivity index (χ1) is 17.1. The van der Waals surface area contributed by atoms with Crippen molar-refractivity contribution in [2.75, 3.05) is 13.1 Å². The van der Waals surface area contributed by atoms with Crippen molar-refractivity contribution in [2.24, 2.45) is 11.8 Å². The number of fused-ring (bicyclic) bond motifs is 2. The number of thiazole rings is 1. The molecular weight excluding hydrogens is 468 g/mol. The van der Waals surface area contributed by atoms with E-state index in [9.17, 15) is 9.90 Å². The number of benzene rings is 2. The molecule has 0 saturated carbocycles. The number of rotatable bonds is 9. The molecule has 0 aliphatic carbocycles. The molecule has 2 aromatic carbocycles. The van der Waals surface area contributed by atoms with E-state index in [4.69, 9.17) is 9.40 Å². The Kier molecular flexibility index (Phi) is 7.86. The van der Waals surface area contributed by atoms with Gasteiger partial charge in [0.1, 0.15) is 22.1 Å². The van der Waals surface area contributed by atoms with E-state index < -0.39 is 0 Å². The summed E-state index contributed by atoms with van der Waals surface area (Å²) in [6.07, 6.45) is 0.630. The normalized spacial score (nSPS) is 12.3. The Bertz CT molecular complexity index is 1390. The highest BCUT2D eigenvalue weighted by Gasteiger charge is 2.26. The topological polar surface area (TPSA) is 66.6 Å². The van der Waals surface area contributed by atoms with Gasteiger partial charge in [-0.2, -0.15) is 0 Å². The zero-order valence-electron chi connectivity index (χ0n) is 22.5. The van der Waals surface area contributed by atoms with Crippen molar-refractivity contribution >= 4 is 32.5 Å². The average molecular weight is 507 g/mol. The molecule has 0 aliphatic heterocycles. The second-order valence-corrected chi connectivity index (χ2v) is 11.9. The van der Waals surface area contributed by atoms with Gasteiger partial charge in [0.05, 0.1) is 26.7 Å². The van der Waals surface area contributed by atoms with Gasteiger partial charge in [-0.3, -0.25) is 9.69 Å². The number of hydrogen-bond donors (Lipinski definition) is 1. The van der Waals surface area contributed by atoms with Crippen LogP contribution < -0.4 is 5.43 Å². The van der Waals surface area contributed by atoms with Gasteiger partial charge in [0.25, 0.3) is 0 Å². The second-order valence-electron chi connectivity index (χ2n) is 10.9. The third-order valence-corrected chi connectivity index (χ3v) is 7.45. The number of aromatic hydroxyl groups is 1. The van der Waals surface area contributed by atoms with E-state index >= 15 is 0 Å². The summed E-state index contributed by atoms with van der Waals surface area (Å²) in [5.41, 5.74) is 3.32. The van der Waals surface area contributed by atoms with Gasteiger partial charge in [-0.25, -0.2) is 4.98 Å². The van der Waals surface area contributed by atoms with Crippen LogP contribution in [-0.4, -0.2) is 28.1 Å². The highest BCUT2D eigenvalue weighted by Crippen LogP contribution is 2.38. The van der Waals surface area contributed by atoms with Crippen LogP contribution in [0.1, 0.15) is 71.3 Å². The smallest absolute Gasteiger partial charge is 0.203 e. The number of phenolic OH excluding ortho intramolecular Hbond substituents is 1. The van der Waals surface area contributed by atoms with E-state index in [-0.39, 0.29) is 17.1 Å². The first-order valence-corrected chi connectivity index (χ1v) is 13.8. The van der Waals surface area contributed by atoms with Crippen LogP contribution in [-0.2, 0) is 13.0 Å². The van der Waals surface area contributed by atoms with Crippen molar-refractivity contribution in [3.63, 3.8) is 0 Å². The summed E-state index contributed by atoms with van der Waals surface area (Å²) in [6.45, 7) is 17.2. The molecule has 4 aromatic rings. The first kappa shape index (κ1) is 26.4. The number of hydrogen-bond acceptors (Lipinski definition) is 6. The number of phenols is 1. The lowest BCUT2D eigenvalue weighted by Gasteiger charge is -2.27. The van der Waals surface area contributed by atoms with E-state index in [0.717, 1.165) is 28.9 Å². The maximum Gasteiger partial charge on any atom is 0.203 e. The number of para-hydroxylation sites is 1. The van der Waals surface area contributed by atoms with Gasteiger partial charge in [0, 0.05) is 25.6 Å². The van der Waals surface area contributed by atoms with Gasteiger partial charge in [0.15, 0.2) is 0 Å². The zero-order chi connectivity index (χ0) is 26.1. The molecule has 0 fully saturated rings. The van der Waals surface area contributed by atoms with Crippen molar-refractivity contribution < 1.29 is 9.52 Å². The molecule has 0 aliphatic rings. The standard InChI is InChI=1S/C30H38N2O3S/c1-8-20-13-21-27(34)25(30-31-23-11-9-10-12-24(23)36-30)28(19(6)7)35-29(21)22(26(20)33)16-32(14-17(2)3)15-18(4)5/h9-13,17-19,33H,8,14-16H2,1-7H3. The molecule has 2 aromatic heterocycles. The SMILES string of the molecule is CCc1cc2c(=O)c(-c3nc4ccccc4s3)c(C(C)C)oc2c(CN(CC(C)C)CC(C)C)c1O. The Labute approximate surface area is 217 Å².